The van der Waals surface area contributed by atoms with Crippen molar-refractivity contribution in [3.8, 4) is 0 Å². The summed E-state index contributed by atoms with van der Waals surface area (Å²) < 4.78 is 0. The summed E-state index contributed by atoms with van der Waals surface area (Å²) in [5.74, 6) is -2.71. The summed E-state index contributed by atoms with van der Waals surface area (Å²) >= 11 is 5.83. The van der Waals surface area contributed by atoms with E-state index in [1.807, 2.05) is 6.07 Å². The lowest BCUT2D eigenvalue weighted by molar-refractivity contribution is -0.146. The summed E-state index contributed by atoms with van der Waals surface area (Å²) in [7, 11) is 0. The van der Waals surface area contributed by atoms with Crippen molar-refractivity contribution in [3.63, 3.8) is 0 Å². The first kappa shape index (κ1) is 13.5. The summed E-state index contributed by atoms with van der Waals surface area (Å²) in [5, 5.41) is 11.9. The molecule has 0 aliphatic carbocycles. The predicted molar refractivity (Wildman–Crippen MR) is 64.8 cm³/mol. The van der Waals surface area contributed by atoms with Gasteiger partial charge in [-0.25, -0.2) is 0 Å². The lowest BCUT2D eigenvalue weighted by Gasteiger charge is -2.16. The van der Waals surface area contributed by atoms with Crippen molar-refractivity contribution in [3.05, 3.63) is 34.9 Å². The summed E-state index contributed by atoms with van der Waals surface area (Å²) in [5.41, 5.74) is 0.837. The Morgan fingerprint density at radius 3 is 2.53 bits per heavy atom. The lowest BCUT2D eigenvalue weighted by atomic mass is 10.1. The van der Waals surface area contributed by atoms with Crippen molar-refractivity contribution >= 4 is 23.5 Å². The maximum atomic E-state index is 11.5. The van der Waals surface area contributed by atoms with Crippen LogP contribution in [-0.4, -0.2) is 17.0 Å². The highest BCUT2D eigenvalue weighted by molar-refractivity contribution is 6.30. The van der Waals surface area contributed by atoms with E-state index in [1.165, 1.54) is 6.92 Å². The molecule has 17 heavy (non-hydrogen) atoms. The van der Waals surface area contributed by atoms with Gasteiger partial charge < -0.3 is 10.4 Å². The minimum atomic E-state index is -1.14. The van der Waals surface area contributed by atoms with Gasteiger partial charge in [-0.1, -0.05) is 23.7 Å². The Balaban J connectivity index is 2.70. The van der Waals surface area contributed by atoms with Gasteiger partial charge in [0, 0.05) is 5.02 Å². The summed E-state index contributed by atoms with van der Waals surface area (Å²) in [6.45, 7) is 3.13. The molecule has 1 amide bonds. The van der Waals surface area contributed by atoms with Crippen LogP contribution in [0.1, 0.15) is 25.5 Å². The van der Waals surface area contributed by atoms with E-state index in [0.717, 1.165) is 5.56 Å². The van der Waals surface area contributed by atoms with Gasteiger partial charge in [0.25, 0.3) is 0 Å². The highest BCUT2D eigenvalue weighted by atomic mass is 35.5. The summed E-state index contributed by atoms with van der Waals surface area (Å²) in [4.78, 5) is 22.2. The normalized spacial score (nSPS) is 13.8. The fourth-order valence-electron chi connectivity index (χ4n) is 1.31. The molecule has 0 bridgehead atoms. The number of carbonyl (C=O) groups excluding carboxylic acids is 1. The van der Waals surface area contributed by atoms with Gasteiger partial charge >= 0.3 is 5.97 Å². The molecule has 0 fully saturated rings. The first-order chi connectivity index (χ1) is 7.91. The minimum absolute atomic E-state index is 0.275. The molecule has 2 unspecified atom stereocenters. The van der Waals surface area contributed by atoms with E-state index < -0.39 is 17.8 Å². The number of benzene rings is 1. The average Bonchev–Trinajstić information content (AvgIpc) is 2.27. The molecular formula is C12H14ClNO3. The van der Waals surface area contributed by atoms with Crippen LogP contribution in [0.2, 0.25) is 5.02 Å². The van der Waals surface area contributed by atoms with Crippen LogP contribution in [0.3, 0.4) is 0 Å². The SMILES string of the molecule is CC(C(=O)O)C(=O)NC(C)c1cccc(Cl)c1. The molecule has 1 aromatic rings. The van der Waals surface area contributed by atoms with Crippen LogP contribution in [0.4, 0.5) is 0 Å². The van der Waals surface area contributed by atoms with Crippen molar-refractivity contribution in [2.45, 2.75) is 19.9 Å². The molecule has 2 N–H and O–H groups in total. The molecule has 1 rings (SSSR count). The number of carbonyl (C=O) groups is 2. The van der Waals surface area contributed by atoms with Crippen LogP contribution in [0.25, 0.3) is 0 Å². The molecule has 0 saturated heterocycles. The first-order valence-electron chi connectivity index (χ1n) is 5.20. The first-order valence-corrected chi connectivity index (χ1v) is 5.58. The minimum Gasteiger partial charge on any atom is -0.481 e. The third kappa shape index (κ3) is 3.75. The third-order valence-electron chi connectivity index (χ3n) is 2.47. The van der Waals surface area contributed by atoms with Gasteiger partial charge in [0.2, 0.25) is 5.91 Å². The monoisotopic (exact) mass is 255 g/mol. The molecular weight excluding hydrogens is 242 g/mol. The van der Waals surface area contributed by atoms with Crippen molar-refractivity contribution in [1.29, 1.82) is 0 Å². The molecule has 0 saturated carbocycles. The zero-order valence-corrected chi connectivity index (χ0v) is 10.4. The Morgan fingerprint density at radius 1 is 1.35 bits per heavy atom. The zero-order valence-electron chi connectivity index (χ0n) is 9.61. The van der Waals surface area contributed by atoms with Crippen LogP contribution in [0.5, 0.6) is 0 Å². The Kier molecular flexibility index (Phi) is 4.52. The molecule has 1 aromatic carbocycles. The van der Waals surface area contributed by atoms with Crippen molar-refractivity contribution in [2.24, 2.45) is 5.92 Å². The number of hydrogen-bond donors (Lipinski definition) is 2. The maximum absolute atomic E-state index is 11.5. The molecule has 0 heterocycles. The predicted octanol–water partition coefficient (Wildman–Crippen LogP) is 2.24. The van der Waals surface area contributed by atoms with E-state index in [4.69, 9.17) is 16.7 Å². The fraction of sp³-hybridized carbons (Fsp3) is 0.333. The fourth-order valence-corrected chi connectivity index (χ4v) is 1.51. The zero-order chi connectivity index (χ0) is 13.0. The Labute approximate surface area is 105 Å². The molecule has 0 aliphatic rings. The molecule has 0 spiro atoms. The van der Waals surface area contributed by atoms with Crippen molar-refractivity contribution in [1.82, 2.24) is 5.32 Å². The van der Waals surface area contributed by atoms with Gasteiger partial charge in [0.1, 0.15) is 5.92 Å². The Morgan fingerprint density at radius 2 is 2.00 bits per heavy atom. The topological polar surface area (TPSA) is 66.4 Å². The quantitative estimate of drug-likeness (QED) is 0.811. The van der Waals surface area contributed by atoms with Gasteiger partial charge in [-0.05, 0) is 31.5 Å². The molecule has 2 atom stereocenters. The van der Waals surface area contributed by atoms with Crippen LogP contribution >= 0.6 is 11.6 Å². The van der Waals surface area contributed by atoms with Crippen LogP contribution < -0.4 is 5.32 Å². The largest absolute Gasteiger partial charge is 0.481 e. The van der Waals surface area contributed by atoms with Crippen LogP contribution in [-0.2, 0) is 9.59 Å². The molecule has 5 heteroatoms. The lowest BCUT2D eigenvalue weighted by Crippen LogP contribution is -2.35. The van der Waals surface area contributed by atoms with E-state index in [2.05, 4.69) is 5.32 Å². The second-order valence-electron chi connectivity index (χ2n) is 3.85. The standard InChI is InChI=1S/C12H14ClNO3/c1-7(12(16)17)11(15)14-8(2)9-4-3-5-10(13)6-9/h3-8H,1-2H3,(H,14,15)(H,16,17). The maximum Gasteiger partial charge on any atom is 0.315 e. The van der Waals surface area contributed by atoms with Gasteiger partial charge in [-0.3, -0.25) is 9.59 Å². The Bertz CT molecular complexity index is 434. The molecule has 0 aromatic heterocycles. The van der Waals surface area contributed by atoms with Gasteiger partial charge in [-0.2, -0.15) is 0 Å². The highest BCUT2D eigenvalue weighted by Gasteiger charge is 2.22. The number of halogens is 1. The molecule has 0 radical (unpaired) electrons. The molecule has 4 nitrogen and oxygen atoms in total. The number of nitrogens with one attached hydrogen (secondary N) is 1. The summed E-state index contributed by atoms with van der Waals surface area (Å²) in [6.07, 6.45) is 0. The number of hydrogen-bond acceptors (Lipinski definition) is 2. The van der Waals surface area contributed by atoms with Gasteiger partial charge in [0.05, 0.1) is 6.04 Å². The number of carboxylic acid groups (broad SMARTS) is 1. The highest BCUT2D eigenvalue weighted by Crippen LogP contribution is 2.17. The van der Waals surface area contributed by atoms with E-state index in [9.17, 15) is 9.59 Å². The Hall–Kier alpha value is -1.55. The molecule has 0 aliphatic heterocycles. The second-order valence-corrected chi connectivity index (χ2v) is 4.28. The smallest absolute Gasteiger partial charge is 0.315 e. The van der Waals surface area contributed by atoms with E-state index in [1.54, 1.807) is 25.1 Å². The van der Waals surface area contributed by atoms with E-state index >= 15 is 0 Å². The van der Waals surface area contributed by atoms with Gasteiger partial charge in [0.15, 0.2) is 0 Å². The number of amides is 1. The summed E-state index contributed by atoms with van der Waals surface area (Å²) in [6, 6.07) is 6.80. The second kappa shape index (κ2) is 5.68. The van der Waals surface area contributed by atoms with E-state index in [0.29, 0.717) is 5.02 Å². The van der Waals surface area contributed by atoms with Crippen molar-refractivity contribution < 1.29 is 14.7 Å². The number of rotatable bonds is 4. The molecule has 92 valence electrons. The third-order valence-corrected chi connectivity index (χ3v) is 2.71. The number of carboxylic acids is 1. The van der Waals surface area contributed by atoms with Crippen LogP contribution in [0, 0.1) is 5.92 Å². The van der Waals surface area contributed by atoms with Crippen molar-refractivity contribution in [2.75, 3.05) is 0 Å². The number of aliphatic carboxylic acids is 1. The van der Waals surface area contributed by atoms with E-state index in [-0.39, 0.29) is 6.04 Å². The van der Waals surface area contributed by atoms with Gasteiger partial charge in [-0.15, -0.1) is 0 Å². The van der Waals surface area contributed by atoms with Crippen LogP contribution in [0.15, 0.2) is 24.3 Å². The average molecular weight is 256 g/mol.